The normalized spacial score (nSPS) is 11.2. The van der Waals surface area contributed by atoms with Crippen molar-refractivity contribution in [3.8, 4) is 55.6 Å². The Kier molecular flexibility index (Phi) is 8.95. The molecule has 0 saturated heterocycles. The van der Waals surface area contributed by atoms with Gasteiger partial charge < -0.3 is 4.90 Å². The fraction of sp³-hybridized carbons (Fsp3) is 0. The fourth-order valence-corrected chi connectivity index (χ4v) is 8.40. The molecule has 0 atom stereocenters. The second-order valence-corrected chi connectivity index (χ2v) is 14.5. The number of para-hydroxylation sites is 1. The van der Waals surface area contributed by atoms with E-state index in [-0.39, 0.29) is 0 Å². The van der Waals surface area contributed by atoms with Crippen LogP contribution < -0.4 is 4.90 Å². The first-order valence-corrected chi connectivity index (χ1v) is 19.6. The average molecular weight is 726 g/mol. The predicted octanol–water partition coefficient (Wildman–Crippen LogP) is 15.8. The first-order valence-electron chi connectivity index (χ1n) is 19.6. The summed E-state index contributed by atoms with van der Waals surface area (Å²) < 4.78 is 0. The smallest absolute Gasteiger partial charge is 0.0540 e. The Labute approximate surface area is 334 Å². The van der Waals surface area contributed by atoms with E-state index in [0.717, 1.165) is 28.2 Å². The average Bonchev–Trinajstić information content (AvgIpc) is 3.30. The van der Waals surface area contributed by atoms with Gasteiger partial charge in [-0.1, -0.05) is 200 Å². The highest BCUT2D eigenvalue weighted by Gasteiger charge is 2.21. The molecule has 0 aromatic heterocycles. The van der Waals surface area contributed by atoms with Crippen LogP contribution in [0.15, 0.2) is 237 Å². The van der Waals surface area contributed by atoms with Gasteiger partial charge in [-0.2, -0.15) is 0 Å². The van der Waals surface area contributed by atoms with Gasteiger partial charge in [-0.3, -0.25) is 0 Å². The van der Waals surface area contributed by atoms with Crippen molar-refractivity contribution in [2.75, 3.05) is 4.90 Å². The van der Waals surface area contributed by atoms with Crippen LogP contribution in [-0.4, -0.2) is 0 Å². The molecule has 0 unspecified atom stereocenters. The van der Waals surface area contributed by atoms with Gasteiger partial charge in [-0.15, -0.1) is 0 Å². The van der Waals surface area contributed by atoms with E-state index in [1.807, 2.05) is 0 Å². The molecule has 0 fully saturated rings. The Morgan fingerprint density at radius 1 is 0.228 bits per heavy atom. The lowest BCUT2D eigenvalue weighted by molar-refractivity contribution is 1.28. The molecule has 10 aromatic carbocycles. The van der Waals surface area contributed by atoms with E-state index in [2.05, 4.69) is 241 Å². The zero-order chi connectivity index (χ0) is 38.0. The second kappa shape index (κ2) is 15.0. The number of anilines is 3. The molecule has 268 valence electrons. The van der Waals surface area contributed by atoms with Gasteiger partial charge in [-0.25, -0.2) is 0 Å². The first-order chi connectivity index (χ1) is 28.3. The Hall–Kier alpha value is -7.48. The lowest BCUT2D eigenvalue weighted by Gasteiger charge is -2.29. The molecule has 57 heavy (non-hydrogen) atoms. The van der Waals surface area contributed by atoms with Crippen LogP contribution in [-0.2, 0) is 0 Å². The van der Waals surface area contributed by atoms with Crippen LogP contribution in [0.1, 0.15) is 0 Å². The standard InChI is InChI=1S/C56H39N/c1-5-18-40(19-6-1)42-32-35-47(36-33-42)57(48-27-17-26-45(38-48)41-20-7-2-8-21-41)54-31-16-15-28-49(54)46-34-37-51-50-29-13-14-30-52(50)55(43-22-9-3-10-23-43)56(53(51)39-46)44-24-11-4-12-25-44/h1-39H. The van der Waals surface area contributed by atoms with Crippen LogP contribution in [0.25, 0.3) is 77.2 Å². The number of fused-ring (bicyclic) bond motifs is 3. The van der Waals surface area contributed by atoms with Crippen LogP contribution >= 0.6 is 0 Å². The summed E-state index contributed by atoms with van der Waals surface area (Å²) in [6, 6.07) is 85.6. The highest BCUT2D eigenvalue weighted by atomic mass is 15.1. The van der Waals surface area contributed by atoms with Crippen molar-refractivity contribution in [2.45, 2.75) is 0 Å². The van der Waals surface area contributed by atoms with Gasteiger partial charge in [0, 0.05) is 16.9 Å². The lowest BCUT2D eigenvalue weighted by Crippen LogP contribution is -2.11. The van der Waals surface area contributed by atoms with Crippen LogP contribution in [0.2, 0.25) is 0 Å². The molecule has 0 N–H and O–H groups in total. The summed E-state index contributed by atoms with van der Waals surface area (Å²) in [5.41, 5.74) is 15.3. The molecule has 0 bridgehead atoms. The molecule has 0 spiro atoms. The SMILES string of the molecule is c1ccc(-c2ccc(N(c3cccc(-c4ccccc4)c3)c3ccccc3-c3ccc4c(c3)c(-c3ccccc3)c(-c3ccccc3)c3ccccc34)cc2)cc1. The molecule has 10 aromatic rings. The number of rotatable bonds is 8. The van der Waals surface area contributed by atoms with Crippen LogP contribution in [0.3, 0.4) is 0 Å². The zero-order valence-electron chi connectivity index (χ0n) is 31.5. The van der Waals surface area contributed by atoms with Crippen molar-refractivity contribution in [1.82, 2.24) is 0 Å². The topological polar surface area (TPSA) is 3.24 Å². The zero-order valence-corrected chi connectivity index (χ0v) is 31.5. The first kappa shape index (κ1) is 34.0. The highest BCUT2D eigenvalue weighted by Crippen LogP contribution is 2.47. The molecular weight excluding hydrogens is 687 g/mol. The second-order valence-electron chi connectivity index (χ2n) is 14.5. The maximum absolute atomic E-state index is 2.42. The summed E-state index contributed by atoms with van der Waals surface area (Å²) in [5, 5.41) is 4.99. The molecule has 0 aliphatic rings. The van der Waals surface area contributed by atoms with E-state index in [0.29, 0.717) is 0 Å². The minimum atomic E-state index is 1.09. The summed E-state index contributed by atoms with van der Waals surface area (Å²) in [6.07, 6.45) is 0. The van der Waals surface area contributed by atoms with Gasteiger partial charge in [0.05, 0.1) is 5.69 Å². The third-order valence-electron chi connectivity index (χ3n) is 11.1. The van der Waals surface area contributed by atoms with E-state index in [9.17, 15) is 0 Å². The lowest BCUT2D eigenvalue weighted by atomic mass is 9.84. The molecule has 0 radical (unpaired) electrons. The van der Waals surface area contributed by atoms with E-state index >= 15 is 0 Å². The largest absolute Gasteiger partial charge is 0.310 e. The quantitative estimate of drug-likeness (QED) is 0.141. The predicted molar refractivity (Wildman–Crippen MR) is 243 cm³/mol. The summed E-state index contributed by atoms with van der Waals surface area (Å²) in [5.74, 6) is 0. The Balaban J connectivity index is 1.21. The molecule has 0 heterocycles. The van der Waals surface area contributed by atoms with Crippen LogP contribution in [0.5, 0.6) is 0 Å². The maximum Gasteiger partial charge on any atom is 0.0540 e. The molecule has 1 heteroatoms. The minimum absolute atomic E-state index is 1.09. The van der Waals surface area contributed by atoms with Gasteiger partial charge in [0.2, 0.25) is 0 Å². The molecule has 10 rings (SSSR count). The van der Waals surface area contributed by atoms with Crippen molar-refractivity contribution in [3.05, 3.63) is 237 Å². The molecular formula is C56H39N. The summed E-state index contributed by atoms with van der Waals surface area (Å²) in [7, 11) is 0. The third kappa shape index (κ3) is 6.46. The van der Waals surface area contributed by atoms with Crippen LogP contribution in [0, 0.1) is 0 Å². The molecule has 1 nitrogen and oxygen atoms in total. The number of hydrogen-bond donors (Lipinski definition) is 0. The summed E-state index contributed by atoms with van der Waals surface area (Å²) in [6.45, 7) is 0. The van der Waals surface area contributed by atoms with Gasteiger partial charge in [-0.05, 0) is 108 Å². The van der Waals surface area contributed by atoms with Crippen LogP contribution in [0.4, 0.5) is 17.1 Å². The van der Waals surface area contributed by atoms with Crippen molar-refractivity contribution < 1.29 is 0 Å². The van der Waals surface area contributed by atoms with Crippen molar-refractivity contribution in [1.29, 1.82) is 0 Å². The number of benzene rings is 10. The number of hydrogen-bond acceptors (Lipinski definition) is 1. The van der Waals surface area contributed by atoms with E-state index in [4.69, 9.17) is 0 Å². The Morgan fingerprint density at radius 2 is 0.684 bits per heavy atom. The van der Waals surface area contributed by atoms with Gasteiger partial charge in [0.1, 0.15) is 0 Å². The van der Waals surface area contributed by atoms with Crippen molar-refractivity contribution in [2.24, 2.45) is 0 Å². The fourth-order valence-electron chi connectivity index (χ4n) is 8.40. The Bertz CT molecular complexity index is 2970. The summed E-state index contributed by atoms with van der Waals surface area (Å²) >= 11 is 0. The monoisotopic (exact) mass is 725 g/mol. The maximum atomic E-state index is 2.42. The van der Waals surface area contributed by atoms with Gasteiger partial charge >= 0.3 is 0 Å². The van der Waals surface area contributed by atoms with Crippen molar-refractivity contribution >= 4 is 38.6 Å². The number of nitrogens with zero attached hydrogens (tertiary/aromatic N) is 1. The third-order valence-corrected chi connectivity index (χ3v) is 11.1. The van der Waals surface area contributed by atoms with E-state index in [1.165, 1.54) is 66.1 Å². The van der Waals surface area contributed by atoms with Crippen molar-refractivity contribution in [3.63, 3.8) is 0 Å². The molecule has 0 amide bonds. The van der Waals surface area contributed by atoms with Gasteiger partial charge in [0.25, 0.3) is 0 Å². The molecule has 0 aliphatic carbocycles. The molecule has 0 saturated carbocycles. The minimum Gasteiger partial charge on any atom is -0.310 e. The van der Waals surface area contributed by atoms with E-state index < -0.39 is 0 Å². The summed E-state index contributed by atoms with van der Waals surface area (Å²) in [4.78, 5) is 2.41. The molecule has 0 aliphatic heterocycles. The Morgan fingerprint density at radius 3 is 1.33 bits per heavy atom. The highest BCUT2D eigenvalue weighted by molar-refractivity contribution is 6.22. The van der Waals surface area contributed by atoms with E-state index in [1.54, 1.807) is 0 Å². The van der Waals surface area contributed by atoms with Gasteiger partial charge in [0.15, 0.2) is 0 Å².